The van der Waals surface area contributed by atoms with Gasteiger partial charge < -0.3 is 10.1 Å². The molecule has 35 heavy (non-hydrogen) atoms. The highest BCUT2D eigenvalue weighted by Gasteiger charge is 2.34. The average molecular weight is 468 g/mol. The predicted octanol–water partition coefficient (Wildman–Crippen LogP) is 3.03. The zero-order valence-electron chi connectivity index (χ0n) is 18.9. The first-order valence-corrected chi connectivity index (χ1v) is 10.7. The Balaban J connectivity index is 1.30. The number of nitrogens with zero attached hydrogens (tertiary/aromatic N) is 5. The number of carbonyl (C=O) groups excluding carboxylic acids is 3. The topological polar surface area (TPSA) is 119 Å². The minimum absolute atomic E-state index is 0.126. The van der Waals surface area contributed by atoms with Crippen molar-refractivity contribution in [1.82, 2.24) is 25.1 Å². The third-order valence-corrected chi connectivity index (χ3v) is 5.73. The van der Waals surface area contributed by atoms with E-state index < -0.39 is 0 Å². The quantitative estimate of drug-likeness (QED) is 0.432. The first-order chi connectivity index (χ1) is 17.0. The van der Waals surface area contributed by atoms with Crippen molar-refractivity contribution in [2.24, 2.45) is 0 Å². The third kappa shape index (κ3) is 4.01. The van der Waals surface area contributed by atoms with E-state index in [0.717, 1.165) is 5.56 Å². The fraction of sp³-hybridized carbons (Fsp3) is 0.120. The van der Waals surface area contributed by atoms with E-state index >= 15 is 0 Å². The number of amides is 3. The van der Waals surface area contributed by atoms with Crippen molar-refractivity contribution in [2.45, 2.75) is 13.5 Å². The Morgan fingerprint density at radius 2 is 1.66 bits per heavy atom. The van der Waals surface area contributed by atoms with Crippen LogP contribution in [0.4, 0.5) is 5.69 Å². The van der Waals surface area contributed by atoms with Crippen molar-refractivity contribution >= 4 is 23.4 Å². The molecule has 1 aliphatic heterocycles. The summed E-state index contributed by atoms with van der Waals surface area (Å²) in [5.41, 5.74) is 3.09. The lowest BCUT2D eigenvalue weighted by molar-refractivity contribution is 0.0642. The first kappa shape index (κ1) is 22.0. The first-order valence-electron chi connectivity index (χ1n) is 10.7. The summed E-state index contributed by atoms with van der Waals surface area (Å²) in [6.45, 7) is 1.88. The smallest absolute Gasteiger partial charge is 0.261 e. The van der Waals surface area contributed by atoms with Gasteiger partial charge in [0.25, 0.3) is 17.7 Å². The van der Waals surface area contributed by atoms with Crippen LogP contribution in [0.3, 0.4) is 0 Å². The number of hydrogen-bond donors (Lipinski definition) is 1. The van der Waals surface area contributed by atoms with Gasteiger partial charge in [-0.2, -0.15) is 4.68 Å². The number of nitrogens with one attached hydrogen (secondary N) is 1. The summed E-state index contributed by atoms with van der Waals surface area (Å²) in [6.07, 6.45) is 0. The Labute approximate surface area is 200 Å². The molecule has 3 aromatic carbocycles. The molecule has 10 heteroatoms. The van der Waals surface area contributed by atoms with Crippen LogP contribution >= 0.6 is 0 Å². The van der Waals surface area contributed by atoms with Crippen LogP contribution in [0.2, 0.25) is 0 Å². The van der Waals surface area contributed by atoms with Gasteiger partial charge in [-0.3, -0.25) is 19.3 Å². The fourth-order valence-corrected chi connectivity index (χ4v) is 3.92. The zero-order valence-corrected chi connectivity index (χ0v) is 18.9. The van der Waals surface area contributed by atoms with Crippen LogP contribution in [0.15, 0.2) is 66.7 Å². The van der Waals surface area contributed by atoms with E-state index in [0.29, 0.717) is 39.6 Å². The zero-order chi connectivity index (χ0) is 24.5. The summed E-state index contributed by atoms with van der Waals surface area (Å²) >= 11 is 0. The Morgan fingerprint density at radius 1 is 0.971 bits per heavy atom. The molecule has 0 radical (unpaired) electrons. The third-order valence-electron chi connectivity index (χ3n) is 5.73. The lowest BCUT2D eigenvalue weighted by Crippen LogP contribution is -2.29. The Kier molecular flexibility index (Phi) is 5.54. The number of aromatic nitrogens is 4. The standard InChI is InChI=1S/C25H20N6O4/c1-15-27-28-29-31(15)21-13-18(11-12-22(21)35-2)26-23(32)17-9-7-16(8-10-17)14-30-24(33)19-5-3-4-6-20(19)25(30)34/h3-13H,14H2,1-2H3,(H,26,32). The monoisotopic (exact) mass is 468 g/mol. The number of imide groups is 1. The second kappa shape index (κ2) is 8.82. The lowest BCUT2D eigenvalue weighted by Gasteiger charge is -2.14. The molecule has 1 aliphatic rings. The van der Waals surface area contributed by atoms with Gasteiger partial charge in [0.2, 0.25) is 0 Å². The van der Waals surface area contributed by atoms with Crippen LogP contribution in [0.1, 0.15) is 42.5 Å². The molecule has 1 N–H and O–H groups in total. The van der Waals surface area contributed by atoms with Gasteiger partial charge in [-0.25, -0.2) is 0 Å². The van der Waals surface area contributed by atoms with Crippen LogP contribution in [0.5, 0.6) is 5.75 Å². The summed E-state index contributed by atoms with van der Waals surface area (Å²) in [4.78, 5) is 39.2. The van der Waals surface area contributed by atoms with Crippen LogP contribution in [-0.2, 0) is 6.54 Å². The Hall–Kier alpha value is -4.86. The van der Waals surface area contributed by atoms with Crippen molar-refractivity contribution in [1.29, 1.82) is 0 Å². The van der Waals surface area contributed by atoms with Crippen LogP contribution in [0.25, 0.3) is 5.69 Å². The van der Waals surface area contributed by atoms with E-state index in [4.69, 9.17) is 4.74 Å². The molecule has 5 rings (SSSR count). The molecular weight excluding hydrogens is 448 g/mol. The van der Waals surface area contributed by atoms with E-state index in [1.165, 1.54) is 9.58 Å². The minimum atomic E-state index is -0.319. The number of methoxy groups -OCH3 is 1. The van der Waals surface area contributed by atoms with Crippen molar-refractivity contribution < 1.29 is 19.1 Å². The molecule has 0 bridgehead atoms. The van der Waals surface area contributed by atoms with Crippen LogP contribution < -0.4 is 10.1 Å². The molecule has 2 heterocycles. The number of aryl methyl sites for hydroxylation is 1. The number of benzene rings is 3. The molecular formula is C25H20N6O4. The molecule has 4 aromatic rings. The Bertz CT molecular complexity index is 1430. The van der Waals surface area contributed by atoms with Gasteiger partial charge in [-0.1, -0.05) is 24.3 Å². The molecule has 10 nitrogen and oxygen atoms in total. The van der Waals surface area contributed by atoms with E-state index in [-0.39, 0.29) is 24.3 Å². The predicted molar refractivity (Wildman–Crippen MR) is 125 cm³/mol. The maximum atomic E-state index is 12.8. The van der Waals surface area contributed by atoms with Gasteiger partial charge in [0.05, 0.1) is 24.8 Å². The number of carbonyl (C=O) groups is 3. The van der Waals surface area contributed by atoms with E-state index in [2.05, 4.69) is 20.8 Å². The van der Waals surface area contributed by atoms with Crippen molar-refractivity contribution in [3.8, 4) is 11.4 Å². The van der Waals surface area contributed by atoms with Crippen molar-refractivity contribution in [2.75, 3.05) is 12.4 Å². The molecule has 0 saturated heterocycles. The van der Waals surface area contributed by atoms with Gasteiger partial charge in [-0.15, -0.1) is 5.10 Å². The highest BCUT2D eigenvalue weighted by molar-refractivity contribution is 6.21. The van der Waals surface area contributed by atoms with Gasteiger partial charge in [0.15, 0.2) is 5.82 Å². The molecule has 1 aromatic heterocycles. The summed E-state index contributed by atoms with van der Waals surface area (Å²) < 4.78 is 6.91. The summed E-state index contributed by atoms with van der Waals surface area (Å²) in [6, 6.07) is 18.7. The number of hydrogen-bond acceptors (Lipinski definition) is 7. The molecule has 0 aliphatic carbocycles. The van der Waals surface area contributed by atoms with E-state index in [1.54, 1.807) is 80.8 Å². The van der Waals surface area contributed by atoms with Gasteiger partial charge in [0.1, 0.15) is 11.4 Å². The maximum Gasteiger partial charge on any atom is 0.261 e. The minimum Gasteiger partial charge on any atom is -0.494 e. The summed E-state index contributed by atoms with van der Waals surface area (Å²) in [5.74, 6) is 0.166. The largest absolute Gasteiger partial charge is 0.494 e. The number of rotatable bonds is 6. The normalized spacial score (nSPS) is 12.6. The van der Waals surface area contributed by atoms with E-state index in [9.17, 15) is 14.4 Å². The number of fused-ring (bicyclic) bond motifs is 1. The molecule has 0 spiro atoms. The molecule has 0 saturated carbocycles. The number of anilines is 1. The van der Waals surface area contributed by atoms with E-state index in [1.807, 2.05) is 0 Å². The van der Waals surface area contributed by atoms with Crippen molar-refractivity contribution in [3.63, 3.8) is 0 Å². The summed E-state index contributed by atoms with van der Waals surface area (Å²) in [5, 5.41) is 14.4. The van der Waals surface area contributed by atoms with Crippen molar-refractivity contribution in [3.05, 3.63) is 94.8 Å². The second-order valence-electron chi connectivity index (χ2n) is 7.92. The highest BCUT2D eigenvalue weighted by Crippen LogP contribution is 2.27. The maximum absolute atomic E-state index is 12.8. The average Bonchev–Trinajstić information content (AvgIpc) is 3.41. The lowest BCUT2D eigenvalue weighted by atomic mass is 10.1. The van der Waals surface area contributed by atoms with Gasteiger partial charge in [0, 0.05) is 11.3 Å². The molecule has 0 atom stereocenters. The number of ether oxygens (including phenoxy) is 1. The van der Waals surface area contributed by atoms with Gasteiger partial charge in [-0.05, 0) is 65.4 Å². The second-order valence-corrected chi connectivity index (χ2v) is 7.92. The van der Waals surface area contributed by atoms with Crippen LogP contribution in [0, 0.1) is 6.92 Å². The molecule has 0 unspecified atom stereocenters. The molecule has 174 valence electrons. The van der Waals surface area contributed by atoms with Crippen LogP contribution in [-0.4, -0.2) is 49.9 Å². The summed E-state index contributed by atoms with van der Waals surface area (Å²) in [7, 11) is 1.54. The molecule has 0 fully saturated rings. The SMILES string of the molecule is COc1ccc(NC(=O)c2ccc(CN3C(=O)c4ccccc4C3=O)cc2)cc1-n1nnnc1C. The highest BCUT2D eigenvalue weighted by atomic mass is 16.5. The Morgan fingerprint density at radius 3 is 2.26 bits per heavy atom. The fourth-order valence-electron chi connectivity index (χ4n) is 3.92. The van der Waals surface area contributed by atoms with Gasteiger partial charge >= 0.3 is 0 Å². The number of tetrazole rings is 1. The molecule has 3 amide bonds.